The van der Waals surface area contributed by atoms with Crippen LogP contribution in [0.2, 0.25) is 0 Å². The third-order valence-corrected chi connectivity index (χ3v) is 3.85. The van der Waals surface area contributed by atoms with Crippen LogP contribution >= 0.6 is 0 Å². The van der Waals surface area contributed by atoms with E-state index in [2.05, 4.69) is 20.4 Å². The van der Waals surface area contributed by atoms with Crippen LogP contribution in [0.5, 0.6) is 0 Å². The van der Waals surface area contributed by atoms with Crippen molar-refractivity contribution in [2.24, 2.45) is 5.92 Å². The minimum Gasteiger partial charge on any atom is -0.466 e. The third-order valence-electron chi connectivity index (χ3n) is 3.85. The van der Waals surface area contributed by atoms with E-state index in [1.165, 1.54) is 0 Å². The second-order valence-electron chi connectivity index (χ2n) is 5.24. The Morgan fingerprint density at radius 3 is 2.68 bits per heavy atom. The van der Waals surface area contributed by atoms with Gasteiger partial charge in [0.1, 0.15) is 0 Å². The Kier molecular flexibility index (Phi) is 4.32. The zero-order chi connectivity index (χ0) is 15.4. The Bertz CT molecular complexity index is 620. The number of esters is 1. The summed E-state index contributed by atoms with van der Waals surface area (Å²) >= 11 is 0. The van der Waals surface area contributed by atoms with Crippen LogP contribution in [-0.4, -0.2) is 45.9 Å². The molecule has 0 spiro atoms. The van der Waals surface area contributed by atoms with Crippen molar-refractivity contribution in [3.8, 4) is 5.69 Å². The zero-order valence-electron chi connectivity index (χ0n) is 12.6. The summed E-state index contributed by atoms with van der Waals surface area (Å²) in [7, 11) is 0. The number of anilines is 1. The number of carbonyl (C=O) groups is 1. The summed E-state index contributed by atoms with van der Waals surface area (Å²) in [6, 6.07) is 9.79. The molecule has 22 heavy (non-hydrogen) atoms. The molecule has 2 heterocycles. The van der Waals surface area contributed by atoms with E-state index < -0.39 is 0 Å². The maximum absolute atomic E-state index is 11.8. The Labute approximate surface area is 128 Å². The standard InChI is InChI=1S/C15H19N5O2/c1-2-22-14(21)12-8-10-19(11-9-12)15-16-17-18-20(15)13-6-4-3-5-7-13/h3-7,12H,2,8-11H2,1H3. The van der Waals surface area contributed by atoms with Crippen LogP contribution in [0, 0.1) is 5.92 Å². The van der Waals surface area contributed by atoms with Crippen molar-refractivity contribution in [1.29, 1.82) is 0 Å². The normalized spacial score (nSPS) is 15.8. The number of carbonyl (C=O) groups excluding carboxylic acids is 1. The fourth-order valence-electron chi connectivity index (χ4n) is 2.69. The SMILES string of the molecule is CCOC(=O)C1CCN(c2nnnn2-c2ccccc2)CC1. The van der Waals surface area contributed by atoms with Crippen LogP contribution in [0.4, 0.5) is 5.95 Å². The first kappa shape index (κ1) is 14.5. The van der Waals surface area contributed by atoms with Crippen molar-refractivity contribution in [3.63, 3.8) is 0 Å². The minimum absolute atomic E-state index is 0.0164. The molecule has 7 nitrogen and oxygen atoms in total. The highest BCUT2D eigenvalue weighted by molar-refractivity contribution is 5.72. The van der Waals surface area contributed by atoms with Gasteiger partial charge in [-0.25, -0.2) is 0 Å². The lowest BCUT2D eigenvalue weighted by Gasteiger charge is -2.30. The van der Waals surface area contributed by atoms with Crippen LogP contribution < -0.4 is 4.90 Å². The molecular weight excluding hydrogens is 282 g/mol. The predicted molar refractivity (Wildman–Crippen MR) is 80.7 cm³/mol. The molecule has 1 aliphatic rings. The molecule has 3 rings (SSSR count). The first-order valence-corrected chi connectivity index (χ1v) is 7.55. The summed E-state index contributed by atoms with van der Waals surface area (Å²) in [6.45, 7) is 3.76. The molecule has 0 atom stereocenters. The van der Waals surface area contributed by atoms with Crippen LogP contribution in [0.25, 0.3) is 5.69 Å². The van der Waals surface area contributed by atoms with E-state index in [0.29, 0.717) is 12.6 Å². The molecule has 116 valence electrons. The minimum atomic E-state index is -0.0928. The molecule has 0 N–H and O–H groups in total. The first-order valence-electron chi connectivity index (χ1n) is 7.55. The van der Waals surface area contributed by atoms with Gasteiger partial charge in [-0.3, -0.25) is 4.79 Å². The fourth-order valence-corrected chi connectivity index (χ4v) is 2.69. The van der Waals surface area contributed by atoms with E-state index in [9.17, 15) is 4.79 Å². The molecule has 1 aliphatic heterocycles. The average molecular weight is 301 g/mol. The van der Waals surface area contributed by atoms with Crippen molar-refractivity contribution in [1.82, 2.24) is 20.2 Å². The quantitative estimate of drug-likeness (QED) is 0.796. The van der Waals surface area contributed by atoms with Gasteiger partial charge in [-0.05, 0) is 42.3 Å². The molecule has 0 unspecified atom stereocenters. The van der Waals surface area contributed by atoms with Gasteiger partial charge in [-0.2, -0.15) is 4.68 Å². The van der Waals surface area contributed by atoms with Crippen LogP contribution in [-0.2, 0) is 9.53 Å². The summed E-state index contributed by atoms with van der Waals surface area (Å²) in [5.41, 5.74) is 0.926. The Morgan fingerprint density at radius 1 is 1.27 bits per heavy atom. The van der Waals surface area contributed by atoms with Gasteiger partial charge in [0, 0.05) is 13.1 Å². The van der Waals surface area contributed by atoms with Crippen LogP contribution in [0.15, 0.2) is 30.3 Å². The molecule has 1 fully saturated rings. The summed E-state index contributed by atoms with van der Waals surface area (Å²) < 4.78 is 6.82. The van der Waals surface area contributed by atoms with Crippen LogP contribution in [0.3, 0.4) is 0 Å². The van der Waals surface area contributed by atoms with Gasteiger partial charge in [0.2, 0.25) is 5.95 Å². The van der Waals surface area contributed by atoms with E-state index in [4.69, 9.17) is 4.74 Å². The van der Waals surface area contributed by atoms with Gasteiger partial charge in [0.15, 0.2) is 0 Å². The lowest BCUT2D eigenvalue weighted by Crippen LogP contribution is -2.38. The summed E-state index contributed by atoms with van der Waals surface area (Å²) in [5, 5.41) is 12.0. The molecular formula is C15H19N5O2. The molecule has 0 bridgehead atoms. The summed E-state index contributed by atoms with van der Waals surface area (Å²) in [4.78, 5) is 13.9. The molecule has 0 aliphatic carbocycles. The van der Waals surface area contributed by atoms with E-state index in [0.717, 1.165) is 31.6 Å². The number of ether oxygens (including phenoxy) is 1. The lowest BCUT2D eigenvalue weighted by molar-refractivity contribution is -0.148. The van der Waals surface area contributed by atoms with Gasteiger partial charge in [-0.15, -0.1) is 0 Å². The summed E-state index contributed by atoms with van der Waals surface area (Å²) in [6.07, 6.45) is 1.53. The van der Waals surface area contributed by atoms with Gasteiger partial charge in [0.05, 0.1) is 18.2 Å². The number of hydrogen-bond acceptors (Lipinski definition) is 6. The Hall–Kier alpha value is -2.44. The van der Waals surface area contributed by atoms with Crippen molar-refractivity contribution < 1.29 is 9.53 Å². The molecule has 1 aromatic carbocycles. The van der Waals surface area contributed by atoms with Gasteiger partial charge >= 0.3 is 5.97 Å². The van der Waals surface area contributed by atoms with Gasteiger partial charge in [-0.1, -0.05) is 23.3 Å². The maximum Gasteiger partial charge on any atom is 0.309 e. The molecule has 0 radical (unpaired) electrons. The number of nitrogens with zero attached hydrogens (tertiary/aromatic N) is 5. The monoisotopic (exact) mass is 301 g/mol. The lowest BCUT2D eigenvalue weighted by atomic mass is 9.97. The third kappa shape index (κ3) is 2.93. The van der Waals surface area contributed by atoms with E-state index in [1.807, 2.05) is 37.3 Å². The zero-order valence-corrected chi connectivity index (χ0v) is 12.6. The number of hydrogen-bond donors (Lipinski definition) is 0. The number of piperidine rings is 1. The van der Waals surface area contributed by atoms with Crippen LogP contribution in [0.1, 0.15) is 19.8 Å². The molecule has 0 amide bonds. The van der Waals surface area contributed by atoms with E-state index in [-0.39, 0.29) is 11.9 Å². The van der Waals surface area contributed by atoms with E-state index in [1.54, 1.807) is 4.68 Å². The second-order valence-corrected chi connectivity index (χ2v) is 5.24. The van der Waals surface area contributed by atoms with Crippen molar-refractivity contribution in [2.75, 3.05) is 24.6 Å². The predicted octanol–water partition coefficient (Wildman–Crippen LogP) is 1.44. The first-order chi connectivity index (χ1) is 10.8. The van der Waals surface area contributed by atoms with Gasteiger partial charge < -0.3 is 9.64 Å². The van der Waals surface area contributed by atoms with Crippen molar-refractivity contribution >= 4 is 11.9 Å². The topological polar surface area (TPSA) is 73.1 Å². The molecule has 0 saturated carbocycles. The molecule has 7 heteroatoms. The Balaban J connectivity index is 1.70. The number of aromatic nitrogens is 4. The largest absolute Gasteiger partial charge is 0.466 e. The second kappa shape index (κ2) is 6.55. The average Bonchev–Trinajstić information content (AvgIpc) is 3.06. The molecule has 1 saturated heterocycles. The number of para-hydroxylation sites is 1. The summed E-state index contributed by atoms with van der Waals surface area (Å²) in [5.74, 6) is 0.607. The fraction of sp³-hybridized carbons (Fsp3) is 0.467. The number of rotatable bonds is 4. The van der Waals surface area contributed by atoms with Crippen molar-refractivity contribution in [2.45, 2.75) is 19.8 Å². The Morgan fingerprint density at radius 2 is 2.00 bits per heavy atom. The highest BCUT2D eigenvalue weighted by atomic mass is 16.5. The highest BCUT2D eigenvalue weighted by Gasteiger charge is 2.28. The molecule has 1 aromatic heterocycles. The van der Waals surface area contributed by atoms with E-state index >= 15 is 0 Å². The van der Waals surface area contributed by atoms with Gasteiger partial charge in [0.25, 0.3) is 0 Å². The smallest absolute Gasteiger partial charge is 0.309 e. The highest BCUT2D eigenvalue weighted by Crippen LogP contribution is 2.23. The maximum atomic E-state index is 11.8. The molecule has 2 aromatic rings. The number of tetrazole rings is 1. The van der Waals surface area contributed by atoms with Crippen molar-refractivity contribution in [3.05, 3.63) is 30.3 Å². The number of benzene rings is 1.